The van der Waals surface area contributed by atoms with Gasteiger partial charge in [-0.25, -0.2) is 39.9 Å². The maximum absolute atomic E-state index is 5.00. The summed E-state index contributed by atoms with van der Waals surface area (Å²) in [6, 6.07) is 140. The molecule has 16 heteroatoms. The molecule has 138 heavy (non-hydrogen) atoms. The zero-order valence-corrected chi connectivity index (χ0v) is 78.6. The first-order chi connectivity index (χ1) is 67.3. The Morgan fingerprint density at radius 2 is 0.442 bits per heavy atom. The van der Waals surface area contributed by atoms with Gasteiger partial charge in [-0.1, -0.05) is 322 Å². The molecule has 0 amide bonds. The predicted octanol–water partition coefficient (Wildman–Crippen LogP) is 30.0. The van der Waals surface area contributed by atoms with Crippen LogP contribution < -0.4 is 19.6 Å². The molecular weight excluding hydrogens is 1690 g/mol. The van der Waals surface area contributed by atoms with Crippen molar-refractivity contribution in [3.8, 4) is 68.3 Å². The maximum Gasteiger partial charge on any atom is 0.238 e. The average Bonchev–Trinajstić information content (AvgIpc) is 0.892. The average molecular weight is 1790 g/mol. The highest BCUT2D eigenvalue weighted by molar-refractivity contribution is 5.92. The molecule has 0 bridgehead atoms. The van der Waals surface area contributed by atoms with E-state index in [0.717, 1.165) is 84.3 Å². The van der Waals surface area contributed by atoms with Gasteiger partial charge in [0.1, 0.15) is 12.7 Å². The van der Waals surface area contributed by atoms with Gasteiger partial charge in [0, 0.05) is 84.6 Å². The van der Waals surface area contributed by atoms with Gasteiger partial charge in [-0.15, -0.1) is 0 Å². The van der Waals surface area contributed by atoms with E-state index >= 15 is 0 Å². The van der Waals surface area contributed by atoms with Gasteiger partial charge < -0.3 is 14.7 Å². The first-order valence-electron chi connectivity index (χ1n) is 46.9. The zero-order valence-electron chi connectivity index (χ0n) is 78.6. The van der Waals surface area contributed by atoms with E-state index in [-0.39, 0.29) is 21.7 Å². The fraction of sp³-hybridized carbons (Fsp3) is 0.115. The number of aromatic nitrogens is 12. The number of benzene rings is 15. The standard InChI is InChI=1S/C36H28N4.C30H24N4.C29H26N4.C27H22N4/c1-36(2)29-17-9-11-19-31(29)40(32-20-12-10-18-30(32)36)28-23-21-27(22-24-28)35-38-33(25-13-5-3-6-14-25)37-34(39-35)26-15-7-4-8-16-26;1-30(2)23-17-9-11-19-25(23)34(26-20-12-10-18-24(26)30)29-32-27(21-13-5-3-6-14-21)31-28(33-29)22-15-7-4-8-16-22;1-19-16-21(17-20(2)27(19)32-18-31-28-26(32)14-9-15-30-28)33-24-12-7-5-10-22(24)29(3,4)23-11-6-8-13-25(23)33;1-27(2)21-8-3-5-10-23(21)31(24-11-6-4-9-22(24)27)20-15-13-19(14-16-20)30-18-29-26-25(30)12-7-17-28-26/h3-24H,1-2H3;3-20H,1-2H3;5-18H,1-4H3;3-18H,1-2H3. The molecule has 0 saturated carbocycles. The van der Waals surface area contributed by atoms with Gasteiger partial charge >= 0.3 is 0 Å². The topological polar surface area (TPSA) is 152 Å². The van der Waals surface area contributed by atoms with Crippen LogP contribution in [-0.2, 0) is 21.7 Å². The molecule has 668 valence electrons. The molecule has 0 N–H and O–H groups in total. The van der Waals surface area contributed by atoms with Gasteiger partial charge in [-0.3, -0.25) is 14.0 Å². The molecule has 0 spiro atoms. The SMILES string of the molecule is CC1(C)c2ccccc2N(c2ccc(-c3nc(-c4ccccc4)nc(-c4ccccc4)n3)cc2)c2ccccc21.CC1(C)c2ccccc2N(c2ccc(-n3cnc4ncccc43)cc2)c2ccccc21.CC1(C)c2ccccc2N(c2nc(-c3ccccc3)nc(-c3ccccc3)n2)c2ccccc21.Cc1cc(N2c3ccccc3C(C)(C)c3ccccc32)cc(C)c1-n1cnc2ncccc21. The van der Waals surface area contributed by atoms with Crippen LogP contribution in [0.2, 0.25) is 0 Å². The van der Waals surface area contributed by atoms with E-state index in [1.807, 2.05) is 152 Å². The fourth-order valence-corrected chi connectivity index (χ4v) is 20.6. The molecule has 25 rings (SSSR count). The minimum Gasteiger partial charge on any atom is -0.310 e. The van der Waals surface area contributed by atoms with Crippen molar-refractivity contribution in [2.24, 2.45) is 0 Å². The quantitative estimate of drug-likeness (QED) is 0.121. The van der Waals surface area contributed by atoms with E-state index in [1.165, 1.54) is 95.4 Å². The summed E-state index contributed by atoms with van der Waals surface area (Å²) in [5.41, 5.74) is 36.1. The summed E-state index contributed by atoms with van der Waals surface area (Å²) >= 11 is 0. The largest absolute Gasteiger partial charge is 0.310 e. The highest BCUT2D eigenvalue weighted by Crippen LogP contribution is 2.57. The van der Waals surface area contributed by atoms with Crippen molar-refractivity contribution in [3.63, 3.8) is 0 Å². The molecule has 6 aromatic heterocycles. The van der Waals surface area contributed by atoms with Crippen LogP contribution in [0, 0.1) is 13.8 Å². The Morgan fingerprint density at radius 1 is 0.203 bits per heavy atom. The molecule has 10 heterocycles. The number of anilines is 12. The molecule has 16 nitrogen and oxygen atoms in total. The van der Waals surface area contributed by atoms with Crippen molar-refractivity contribution in [3.05, 3.63) is 481 Å². The van der Waals surface area contributed by atoms with Crippen LogP contribution in [0.1, 0.15) is 111 Å². The third kappa shape index (κ3) is 15.4. The van der Waals surface area contributed by atoms with Crippen LogP contribution in [0.3, 0.4) is 0 Å². The number of nitrogens with zero attached hydrogens (tertiary/aromatic N) is 16. The second-order valence-corrected chi connectivity index (χ2v) is 37.4. The van der Waals surface area contributed by atoms with Crippen molar-refractivity contribution >= 4 is 90.8 Å². The van der Waals surface area contributed by atoms with Crippen LogP contribution in [0.5, 0.6) is 0 Å². The molecule has 21 aromatic rings. The Labute approximate surface area is 804 Å². The number of hydrogen-bond donors (Lipinski definition) is 0. The van der Waals surface area contributed by atoms with Gasteiger partial charge in [0.25, 0.3) is 0 Å². The maximum atomic E-state index is 5.00. The molecule has 4 aliphatic heterocycles. The van der Waals surface area contributed by atoms with Crippen molar-refractivity contribution in [2.75, 3.05) is 19.6 Å². The summed E-state index contributed by atoms with van der Waals surface area (Å²) in [6.07, 6.45) is 7.27. The summed E-state index contributed by atoms with van der Waals surface area (Å²) in [6.45, 7) is 22.8. The fourth-order valence-electron chi connectivity index (χ4n) is 20.6. The molecule has 4 aliphatic rings. The summed E-state index contributed by atoms with van der Waals surface area (Å²) < 4.78 is 4.23. The lowest BCUT2D eigenvalue weighted by molar-refractivity contribution is 0.630. The van der Waals surface area contributed by atoms with Crippen molar-refractivity contribution in [1.29, 1.82) is 0 Å². The first kappa shape index (κ1) is 86.2. The number of hydrogen-bond acceptors (Lipinski definition) is 14. The van der Waals surface area contributed by atoms with E-state index in [4.69, 9.17) is 29.9 Å². The normalized spacial score (nSPS) is 13.9. The van der Waals surface area contributed by atoms with Gasteiger partial charge in [0.15, 0.2) is 40.4 Å². The van der Waals surface area contributed by atoms with Crippen molar-refractivity contribution in [2.45, 2.75) is 90.9 Å². The second kappa shape index (κ2) is 35.3. The third-order valence-electron chi connectivity index (χ3n) is 27.5. The summed E-state index contributed by atoms with van der Waals surface area (Å²) in [5, 5.41) is 0. The molecular formula is C122H100N16. The van der Waals surface area contributed by atoms with E-state index in [2.05, 4.69) is 379 Å². The second-order valence-electron chi connectivity index (χ2n) is 37.4. The van der Waals surface area contributed by atoms with Crippen LogP contribution in [0.15, 0.2) is 425 Å². The van der Waals surface area contributed by atoms with Gasteiger partial charge in [-0.2, -0.15) is 9.97 Å². The van der Waals surface area contributed by atoms with Crippen LogP contribution in [0.4, 0.5) is 68.5 Å². The van der Waals surface area contributed by atoms with E-state index < -0.39 is 0 Å². The van der Waals surface area contributed by atoms with Gasteiger partial charge in [0.2, 0.25) is 5.95 Å². The molecule has 0 fully saturated rings. The minimum absolute atomic E-state index is 0.0493. The summed E-state index contributed by atoms with van der Waals surface area (Å²) in [4.78, 5) is 56.5. The number of rotatable bonds is 11. The van der Waals surface area contributed by atoms with Crippen LogP contribution in [-0.4, -0.2) is 59.0 Å². The lowest BCUT2D eigenvalue weighted by Gasteiger charge is -2.42. The molecule has 0 atom stereocenters. The van der Waals surface area contributed by atoms with Crippen LogP contribution in [0.25, 0.3) is 90.6 Å². The molecule has 0 unspecified atom stereocenters. The number of imidazole rings is 2. The number of fused-ring (bicyclic) bond motifs is 10. The monoisotopic (exact) mass is 1790 g/mol. The summed E-state index contributed by atoms with van der Waals surface area (Å²) in [7, 11) is 0. The lowest BCUT2D eigenvalue weighted by atomic mass is 9.73. The Morgan fingerprint density at radius 3 is 0.754 bits per heavy atom. The highest BCUT2D eigenvalue weighted by Gasteiger charge is 2.42. The Balaban J connectivity index is 0.000000107. The smallest absolute Gasteiger partial charge is 0.238 e. The van der Waals surface area contributed by atoms with Crippen molar-refractivity contribution < 1.29 is 0 Å². The van der Waals surface area contributed by atoms with E-state index in [0.29, 0.717) is 35.1 Å². The Kier molecular flexibility index (Phi) is 22.0. The predicted molar refractivity (Wildman–Crippen MR) is 561 cm³/mol. The van der Waals surface area contributed by atoms with Crippen LogP contribution >= 0.6 is 0 Å². The van der Waals surface area contributed by atoms with Gasteiger partial charge in [-0.05, 0) is 203 Å². The molecule has 0 saturated heterocycles. The molecule has 0 radical (unpaired) electrons. The highest BCUT2D eigenvalue weighted by atomic mass is 15.3. The lowest BCUT2D eigenvalue weighted by Crippen LogP contribution is -2.31. The van der Waals surface area contributed by atoms with E-state index in [9.17, 15) is 0 Å². The number of pyridine rings is 2. The Bertz CT molecular complexity index is 7800. The number of para-hydroxylation sites is 8. The number of aryl methyl sites for hydroxylation is 2. The van der Waals surface area contributed by atoms with Crippen molar-refractivity contribution in [1.82, 2.24) is 59.0 Å². The zero-order chi connectivity index (χ0) is 94.0. The van der Waals surface area contributed by atoms with E-state index in [1.54, 1.807) is 12.4 Å². The van der Waals surface area contributed by atoms with Gasteiger partial charge in [0.05, 0.1) is 62.2 Å². The summed E-state index contributed by atoms with van der Waals surface area (Å²) in [5.74, 6) is 3.90. The third-order valence-corrected chi connectivity index (χ3v) is 27.5. The first-order valence-corrected chi connectivity index (χ1v) is 46.9. The molecule has 15 aromatic carbocycles. The molecule has 0 aliphatic carbocycles. The Hall–Kier alpha value is -17.2. The minimum atomic E-state index is -0.138.